The zero-order valence-corrected chi connectivity index (χ0v) is 25.6. The van der Waals surface area contributed by atoms with Crippen LogP contribution in [0, 0.1) is 19.8 Å². The van der Waals surface area contributed by atoms with Gasteiger partial charge in [-0.1, -0.05) is 6.42 Å². The fourth-order valence-corrected chi connectivity index (χ4v) is 5.34. The SMILES string of the molecule is C#C.Cc1cc2cc(N=C(N)NC(=O)OCCCN3CCCC3=O)ccc2o1.O=C(CN1CCCCCC1=O)N1CCCC1. The molecule has 1 aromatic carbocycles. The molecule has 0 radical (unpaired) electrons. The molecule has 3 fully saturated rings. The molecule has 3 aliphatic heterocycles. The van der Waals surface area contributed by atoms with E-state index in [9.17, 15) is 19.2 Å². The molecule has 0 aliphatic carbocycles. The van der Waals surface area contributed by atoms with E-state index in [2.05, 4.69) is 23.2 Å². The molecule has 2 aromatic rings. The number of benzene rings is 1. The van der Waals surface area contributed by atoms with Crippen molar-refractivity contribution in [3.63, 3.8) is 0 Å². The van der Waals surface area contributed by atoms with Crippen molar-refractivity contribution in [1.29, 1.82) is 0 Å². The van der Waals surface area contributed by atoms with E-state index in [1.54, 1.807) is 21.9 Å². The number of aliphatic imine (C=N–C) groups is 1. The van der Waals surface area contributed by atoms with Crippen molar-refractivity contribution in [2.75, 3.05) is 45.9 Å². The number of terminal acetylenes is 1. The van der Waals surface area contributed by atoms with Gasteiger partial charge in [0.2, 0.25) is 23.7 Å². The second-order valence-electron chi connectivity index (χ2n) is 10.9. The van der Waals surface area contributed by atoms with Crippen molar-refractivity contribution in [2.24, 2.45) is 10.7 Å². The lowest BCUT2D eigenvalue weighted by Gasteiger charge is -2.23. The number of furan rings is 1. The van der Waals surface area contributed by atoms with Gasteiger partial charge in [0.05, 0.1) is 18.8 Å². The lowest BCUT2D eigenvalue weighted by atomic mass is 10.2. The quantitative estimate of drug-likeness (QED) is 0.211. The number of guanidine groups is 1. The Hall–Kier alpha value is -4.53. The van der Waals surface area contributed by atoms with Gasteiger partial charge in [0.1, 0.15) is 11.3 Å². The topological polar surface area (TPSA) is 151 Å². The molecule has 44 heavy (non-hydrogen) atoms. The van der Waals surface area contributed by atoms with Gasteiger partial charge in [-0.15, -0.1) is 12.8 Å². The maximum absolute atomic E-state index is 11.9. The molecule has 0 saturated carbocycles. The summed E-state index contributed by atoms with van der Waals surface area (Å²) >= 11 is 0. The molecule has 1 aromatic heterocycles. The minimum Gasteiger partial charge on any atom is -0.461 e. The predicted octanol–water partition coefficient (Wildman–Crippen LogP) is 3.69. The number of amides is 4. The molecule has 3 aliphatic rings. The van der Waals surface area contributed by atoms with Gasteiger partial charge >= 0.3 is 6.09 Å². The first-order valence-electron chi connectivity index (χ1n) is 15.2. The Labute approximate surface area is 258 Å². The fourth-order valence-electron chi connectivity index (χ4n) is 5.34. The first kappa shape index (κ1) is 34.0. The lowest BCUT2D eigenvalue weighted by Crippen LogP contribution is -2.41. The maximum atomic E-state index is 11.9. The van der Waals surface area contributed by atoms with Crippen LogP contribution in [0.2, 0.25) is 0 Å². The third kappa shape index (κ3) is 10.6. The molecule has 4 heterocycles. The van der Waals surface area contributed by atoms with Crippen LogP contribution in [-0.2, 0) is 19.1 Å². The van der Waals surface area contributed by atoms with Gasteiger partial charge in [-0.05, 0) is 69.7 Å². The average molecular weight is 609 g/mol. The summed E-state index contributed by atoms with van der Waals surface area (Å²) in [4.78, 5) is 56.4. The third-order valence-electron chi connectivity index (χ3n) is 7.54. The molecule has 0 atom stereocenters. The number of hydrogen-bond acceptors (Lipinski definition) is 7. The number of carbonyl (C=O) groups excluding carboxylic acids is 4. The zero-order chi connectivity index (χ0) is 31.9. The van der Waals surface area contributed by atoms with Crippen LogP contribution in [0.5, 0.6) is 0 Å². The highest BCUT2D eigenvalue weighted by Crippen LogP contribution is 2.24. The van der Waals surface area contributed by atoms with Crippen molar-refractivity contribution in [1.82, 2.24) is 20.0 Å². The highest BCUT2D eigenvalue weighted by molar-refractivity contribution is 5.94. The Kier molecular flexibility index (Phi) is 13.6. The van der Waals surface area contributed by atoms with Crippen LogP contribution < -0.4 is 11.1 Å². The van der Waals surface area contributed by atoms with Crippen LogP contribution in [0.15, 0.2) is 33.7 Å². The van der Waals surface area contributed by atoms with Gasteiger partial charge in [-0.3, -0.25) is 19.7 Å². The maximum Gasteiger partial charge on any atom is 0.413 e. The number of nitrogens with zero attached hydrogens (tertiary/aromatic N) is 4. The Morgan fingerprint density at radius 1 is 0.955 bits per heavy atom. The Morgan fingerprint density at radius 2 is 1.64 bits per heavy atom. The molecule has 12 heteroatoms. The van der Waals surface area contributed by atoms with Gasteiger partial charge in [0.15, 0.2) is 0 Å². The van der Waals surface area contributed by atoms with Gasteiger partial charge in [-0.25, -0.2) is 9.79 Å². The summed E-state index contributed by atoms with van der Waals surface area (Å²) in [6, 6.07) is 7.26. The summed E-state index contributed by atoms with van der Waals surface area (Å²) in [7, 11) is 0. The molecule has 3 N–H and O–H groups in total. The third-order valence-corrected chi connectivity index (χ3v) is 7.54. The van der Waals surface area contributed by atoms with E-state index in [1.165, 1.54) is 0 Å². The van der Waals surface area contributed by atoms with Crippen molar-refractivity contribution in [3.8, 4) is 12.8 Å². The van der Waals surface area contributed by atoms with Crippen LogP contribution in [-0.4, -0.2) is 90.3 Å². The standard InChI is InChI=1S/C18H22N4O4.C12H20N2O2.C2H2/c1-12-10-13-11-14(5-6-15(13)26-12)20-17(19)21-18(24)25-9-3-8-22-7-2-4-16(22)23;15-11-6-2-1-3-9-14(11)10-12(16)13-7-4-5-8-13;1-2/h5-6,10-11H,2-4,7-9H2,1H3,(H3,19,20,21,24);1-10H2;1-2H. The number of rotatable bonds is 7. The molecule has 5 rings (SSSR count). The van der Waals surface area contributed by atoms with E-state index in [0.29, 0.717) is 38.0 Å². The van der Waals surface area contributed by atoms with Crippen molar-refractivity contribution in [3.05, 3.63) is 30.0 Å². The van der Waals surface area contributed by atoms with Crippen molar-refractivity contribution < 1.29 is 28.3 Å². The monoisotopic (exact) mass is 608 g/mol. The second-order valence-corrected chi connectivity index (χ2v) is 10.9. The molecule has 0 spiro atoms. The number of alkyl carbamates (subject to hydrolysis) is 1. The molecular formula is C32H44N6O6. The number of carbonyl (C=O) groups is 4. The van der Waals surface area contributed by atoms with Crippen molar-refractivity contribution in [2.45, 2.75) is 64.7 Å². The van der Waals surface area contributed by atoms with Crippen LogP contribution in [0.25, 0.3) is 11.0 Å². The highest BCUT2D eigenvalue weighted by atomic mass is 16.5. The van der Waals surface area contributed by atoms with Crippen LogP contribution in [0.4, 0.5) is 10.5 Å². The molecular weight excluding hydrogens is 564 g/mol. The average Bonchev–Trinajstić information content (AvgIpc) is 3.74. The summed E-state index contributed by atoms with van der Waals surface area (Å²) in [5, 5.41) is 3.29. The van der Waals surface area contributed by atoms with Gasteiger partial charge < -0.3 is 29.6 Å². The largest absolute Gasteiger partial charge is 0.461 e. The number of nitrogens with two attached hydrogens (primary N) is 1. The molecule has 0 bridgehead atoms. The summed E-state index contributed by atoms with van der Waals surface area (Å²) in [6.07, 6.45) is 15.4. The zero-order valence-electron chi connectivity index (χ0n) is 25.6. The van der Waals surface area contributed by atoms with E-state index in [1.807, 2.05) is 24.0 Å². The Balaban J connectivity index is 0.000000251. The number of aryl methyl sites for hydroxylation is 1. The summed E-state index contributed by atoms with van der Waals surface area (Å²) in [6.45, 7) is 6.28. The van der Waals surface area contributed by atoms with Crippen LogP contribution in [0.1, 0.15) is 63.5 Å². The molecule has 238 valence electrons. The minimum atomic E-state index is -0.667. The van der Waals surface area contributed by atoms with Gasteiger partial charge in [-0.2, -0.15) is 0 Å². The summed E-state index contributed by atoms with van der Waals surface area (Å²) in [5.41, 5.74) is 7.11. The molecule has 12 nitrogen and oxygen atoms in total. The first-order valence-corrected chi connectivity index (χ1v) is 15.2. The second kappa shape index (κ2) is 17.6. The molecule has 4 amide bonds. The van der Waals surface area contributed by atoms with E-state index < -0.39 is 6.09 Å². The van der Waals surface area contributed by atoms with E-state index in [-0.39, 0.29) is 30.3 Å². The number of hydrogen-bond donors (Lipinski definition) is 2. The van der Waals surface area contributed by atoms with E-state index in [0.717, 1.165) is 81.4 Å². The van der Waals surface area contributed by atoms with E-state index in [4.69, 9.17) is 14.9 Å². The highest BCUT2D eigenvalue weighted by Gasteiger charge is 2.24. The first-order chi connectivity index (χ1) is 21.3. The minimum absolute atomic E-state index is 0.0516. The van der Waals surface area contributed by atoms with Gasteiger partial charge in [0, 0.05) is 51.0 Å². The lowest BCUT2D eigenvalue weighted by molar-refractivity contribution is -0.139. The molecule has 3 saturated heterocycles. The van der Waals surface area contributed by atoms with Crippen LogP contribution in [0.3, 0.4) is 0 Å². The van der Waals surface area contributed by atoms with Crippen LogP contribution >= 0.6 is 0 Å². The predicted molar refractivity (Wildman–Crippen MR) is 168 cm³/mol. The van der Waals surface area contributed by atoms with Gasteiger partial charge in [0.25, 0.3) is 0 Å². The number of likely N-dealkylation sites (tertiary alicyclic amines) is 3. The summed E-state index contributed by atoms with van der Waals surface area (Å²) < 4.78 is 10.6. The van der Waals surface area contributed by atoms with Crippen molar-refractivity contribution >= 4 is 46.4 Å². The van der Waals surface area contributed by atoms with E-state index >= 15 is 0 Å². The number of ether oxygens (including phenoxy) is 1. The fraction of sp³-hybridized carbons (Fsp3) is 0.531. The Morgan fingerprint density at radius 3 is 2.36 bits per heavy atom. The molecule has 0 unspecified atom stereocenters. The number of nitrogens with one attached hydrogen (secondary N) is 1. The number of fused-ring (bicyclic) bond motifs is 1. The normalized spacial score (nSPS) is 17.0. The Bertz CT molecular complexity index is 1330. The summed E-state index contributed by atoms with van der Waals surface area (Å²) in [5.74, 6) is 1.21. The smallest absolute Gasteiger partial charge is 0.413 e.